The summed E-state index contributed by atoms with van der Waals surface area (Å²) in [6, 6.07) is 16.1. The van der Waals surface area contributed by atoms with Gasteiger partial charge in [0, 0.05) is 18.1 Å². The number of carbonyl (C=O) groups excluding carboxylic acids is 1. The molecular formula is C20H25NO2S. The van der Waals surface area contributed by atoms with Crippen molar-refractivity contribution in [3.8, 4) is 5.75 Å². The number of ether oxygens (including phenoxy) is 1. The second-order valence-corrected chi connectivity index (χ2v) is 6.95. The summed E-state index contributed by atoms with van der Waals surface area (Å²) in [4.78, 5) is 12.1. The van der Waals surface area contributed by atoms with Gasteiger partial charge in [-0.05, 0) is 44.0 Å². The fourth-order valence-electron chi connectivity index (χ4n) is 2.22. The fourth-order valence-corrected chi connectivity index (χ4v) is 3.15. The van der Waals surface area contributed by atoms with Crippen molar-refractivity contribution in [1.29, 1.82) is 0 Å². The molecule has 0 aromatic heterocycles. The summed E-state index contributed by atoms with van der Waals surface area (Å²) in [6.45, 7) is 6.57. The second kappa shape index (κ2) is 9.38. The van der Waals surface area contributed by atoms with Gasteiger partial charge in [0.15, 0.2) is 6.10 Å². The van der Waals surface area contributed by atoms with Gasteiger partial charge in [-0.25, -0.2) is 0 Å². The average Bonchev–Trinajstić information content (AvgIpc) is 2.58. The Morgan fingerprint density at radius 1 is 1.12 bits per heavy atom. The van der Waals surface area contributed by atoms with E-state index in [-0.39, 0.29) is 5.91 Å². The summed E-state index contributed by atoms with van der Waals surface area (Å²) in [7, 11) is 0. The van der Waals surface area contributed by atoms with Crippen LogP contribution in [0, 0.1) is 13.8 Å². The monoisotopic (exact) mass is 343 g/mol. The highest BCUT2D eigenvalue weighted by atomic mass is 32.2. The molecule has 0 bridgehead atoms. The molecule has 24 heavy (non-hydrogen) atoms. The van der Waals surface area contributed by atoms with E-state index in [4.69, 9.17) is 4.74 Å². The van der Waals surface area contributed by atoms with Crippen molar-refractivity contribution >= 4 is 17.7 Å². The number of carbonyl (C=O) groups is 1. The predicted octanol–water partition coefficient (Wildman–Crippen LogP) is 4.12. The number of hydrogen-bond donors (Lipinski definition) is 1. The highest BCUT2D eigenvalue weighted by molar-refractivity contribution is 7.98. The number of thioether (sulfide) groups is 1. The van der Waals surface area contributed by atoms with E-state index in [2.05, 4.69) is 36.5 Å². The number of aryl methyl sites for hydroxylation is 2. The van der Waals surface area contributed by atoms with E-state index in [1.165, 1.54) is 16.7 Å². The highest BCUT2D eigenvalue weighted by Crippen LogP contribution is 2.15. The predicted molar refractivity (Wildman–Crippen MR) is 102 cm³/mol. The molecule has 128 valence electrons. The lowest BCUT2D eigenvalue weighted by atomic mass is 10.1. The lowest BCUT2D eigenvalue weighted by Crippen LogP contribution is -2.37. The fraction of sp³-hybridized carbons (Fsp3) is 0.350. The van der Waals surface area contributed by atoms with Crippen LogP contribution in [0.2, 0.25) is 0 Å². The third kappa shape index (κ3) is 5.93. The van der Waals surface area contributed by atoms with Gasteiger partial charge in [0.25, 0.3) is 5.91 Å². The lowest BCUT2D eigenvalue weighted by molar-refractivity contribution is -0.127. The molecule has 1 amide bonds. The van der Waals surface area contributed by atoms with Crippen molar-refractivity contribution in [2.45, 2.75) is 32.6 Å². The van der Waals surface area contributed by atoms with Crippen LogP contribution in [0.4, 0.5) is 0 Å². The van der Waals surface area contributed by atoms with E-state index in [9.17, 15) is 4.79 Å². The molecule has 2 aromatic rings. The van der Waals surface area contributed by atoms with Crippen molar-refractivity contribution in [2.75, 3.05) is 12.3 Å². The van der Waals surface area contributed by atoms with E-state index >= 15 is 0 Å². The molecule has 0 saturated carbocycles. The molecule has 4 heteroatoms. The van der Waals surface area contributed by atoms with Crippen LogP contribution >= 0.6 is 11.8 Å². The Bertz CT molecular complexity index is 655. The zero-order valence-corrected chi connectivity index (χ0v) is 15.4. The van der Waals surface area contributed by atoms with Crippen LogP contribution in [0.5, 0.6) is 5.75 Å². The first-order valence-corrected chi connectivity index (χ1v) is 9.35. The van der Waals surface area contributed by atoms with Crippen LogP contribution in [0.1, 0.15) is 23.6 Å². The molecule has 0 saturated heterocycles. The molecule has 1 atom stereocenters. The van der Waals surface area contributed by atoms with Gasteiger partial charge in [-0.2, -0.15) is 11.8 Å². The molecule has 0 fully saturated rings. The van der Waals surface area contributed by atoms with Crippen molar-refractivity contribution in [3.05, 3.63) is 65.2 Å². The molecule has 0 aliphatic rings. The SMILES string of the molecule is Cc1ccc(O[C@H](C)C(=O)NCCSCc2ccccc2C)cc1. The van der Waals surface area contributed by atoms with E-state index in [1.54, 1.807) is 6.92 Å². The van der Waals surface area contributed by atoms with E-state index in [1.807, 2.05) is 43.0 Å². The van der Waals surface area contributed by atoms with Crippen molar-refractivity contribution in [3.63, 3.8) is 0 Å². The molecule has 0 radical (unpaired) electrons. The Kier molecular flexibility index (Phi) is 7.19. The minimum Gasteiger partial charge on any atom is -0.481 e. The second-order valence-electron chi connectivity index (χ2n) is 5.84. The normalized spacial score (nSPS) is 11.8. The van der Waals surface area contributed by atoms with Crippen LogP contribution in [-0.4, -0.2) is 24.3 Å². The minimum absolute atomic E-state index is 0.0768. The number of benzene rings is 2. The minimum atomic E-state index is -0.492. The Hall–Kier alpha value is -1.94. The number of amides is 1. The zero-order chi connectivity index (χ0) is 17.4. The van der Waals surface area contributed by atoms with Gasteiger partial charge < -0.3 is 10.1 Å². The largest absolute Gasteiger partial charge is 0.481 e. The first kappa shape index (κ1) is 18.4. The highest BCUT2D eigenvalue weighted by Gasteiger charge is 2.13. The van der Waals surface area contributed by atoms with Gasteiger partial charge in [0.2, 0.25) is 0 Å². The number of nitrogens with one attached hydrogen (secondary N) is 1. The Morgan fingerprint density at radius 2 is 1.83 bits per heavy atom. The maximum Gasteiger partial charge on any atom is 0.260 e. The van der Waals surface area contributed by atoms with E-state index < -0.39 is 6.10 Å². The molecular weight excluding hydrogens is 318 g/mol. The molecule has 2 rings (SSSR count). The zero-order valence-electron chi connectivity index (χ0n) is 14.5. The standard InChI is InChI=1S/C20H25NO2S/c1-15-8-10-19(11-9-15)23-17(3)20(22)21-12-13-24-14-18-7-5-4-6-16(18)2/h4-11,17H,12-14H2,1-3H3,(H,21,22)/t17-/m1/s1. The topological polar surface area (TPSA) is 38.3 Å². The summed E-state index contributed by atoms with van der Waals surface area (Å²) >= 11 is 1.82. The number of hydrogen-bond acceptors (Lipinski definition) is 3. The Balaban J connectivity index is 1.65. The summed E-state index contributed by atoms with van der Waals surface area (Å²) in [5.74, 6) is 2.50. The van der Waals surface area contributed by atoms with Crippen LogP contribution in [0.15, 0.2) is 48.5 Å². The molecule has 1 N–H and O–H groups in total. The summed E-state index contributed by atoms with van der Waals surface area (Å²) in [6.07, 6.45) is -0.492. The van der Waals surface area contributed by atoms with Gasteiger partial charge in [0.1, 0.15) is 5.75 Å². The van der Waals surface area contributed by atoms with E-state index in [0.29, 0.717) is 6.54 Å². The van der Waals surface area contributed by atoms with Crippen molar-refractivity contribution < 1.29 is 9.53 Å². The summed E-state index contributed by atoms with van der Waals surface area (Å²) < 4.78 is 5.65. The quantitative estimate of drug-likeness (QED) is 0.733. The third-order valence-electron chi connectivity index (χ3n) is 3.77. The van der Waals surface area contributed by atoms with Crippen molar-refractivity contribution in [2.24, 2.45) is 0 Å². The first-order chi connectivity index (χ1) is 11.6. The maximum atomic E-state index is 12.1. The molecule has 2 aromatic carbocycles. The molecule has 0 spiro atoms. The van der Waals surface area contributed by atoms with Gasteiger partial charge in [-0.15, -0.1) is 0 Å². The summed E-state index contributed by atoms with van der Waals surface area (Å²) in [5, 5.41) is 2.93. The van der Waals surface area contributed by atoms with Gasteiger partial charge in [-0.3, -0.25) is 4.79 Å². The summed E-state index contributed by atoms with van der Waals surface area (Å²) in [5.41, 5.74) is 3.84. The van der Waals surface area contributed by atoms with Crippen LogP contribution in [-0.2, 0) is 10.5 Å². The third-order valence-corrected chi connectivity index (χ3v) is 4.78. The van der Waals surface area contributed by atoms with Crippen LogP contribution < -0.4 is 10.1 Å². The molecule has 0 aliphatic carbocycles. The number of rotatable bonds is 8. The van der Waals surface area contributed by atoms with E-state index in [0.717, 1.165) is 17.3 Å². The smallest absolute Gasteiger partial charge is 0.260 e. The van der Waals surface area contributed by atoms with Gasteiger partial charge in [0.05, 0.1) is 0 Å². The van der Waals surface area contributed by atoms with Crippen LogP contribution in [0.25, 0.3) is 0 Å². The van der Waals surface area contributed by atoms with Gasteiger partial charge in [-0.1, -0.05) is 42.0 Å². The van der Waals surface area contributed by atoms with Crippen molar-refractivity contribution in [1.82, 2.24) is 5.32 Å². The van der Waals surface area contributed by atoms with Gasteiger partial charge >= 0.3 is 0 Å². The molecule has 3 nitrogen and oxygen atoms in total. The Labute approximate surface area is 148 Å². The molecule has 0 heterocycles. The first-order valence-electron chi connectivity index (χ1n) is 8.19. The van der Waals surface area contributed by atoms with Crippen LogP contribution in [0.3, 0.4) is 0 Å². The lowest BCUT2D eigenvalue weighted by Gasteiger charge is -2.15. The molecule has 0 aliphatic heterocycles. The average molecular weight is 343 g/mol. The Morgan fingerprint density at radius 3 is 2.54 bits per heavy atom. The molecule has 0 unspecified atom stereocenters. The maximum absolute atomic E-state index is 12.1.